The third-order valence-corrected chi connectivity index (χ3v) is 0. The molecule has 0 aliphatic carbocycles. The van der Waals surface area contributed by atoms with E-state index in [2.05, 4.69) is 0 Å². The van der Waals surface area contributed by atoms with Crippen LogP contribution in [-0.4, -0.2) is 11.2 Å². The first kappa shape index (κ1) is 17.5. The van der Waals surface area contributed by atoms with Gasteiger partial charge in [0.2, 0.25) is 0 Å². The predicted octanol–water partition coefficient (Wildman–Crippen LogP) is 0.288. The molecule has 11 heavy (non-hydrogen) atoms. The van der Waals surface area contributed by atoms with E-state index >= 15 is 0 Å². The van der Waals surface area contributed by atoms with E-state index in [9.17, 15) is 10.2 Å². The Hall–Kier alpha value is 0.439. The molecule has 0 fully saturated rings. The van der Waals surface area contributed by atoms with Gasteiger partial charge < -0.3 is 10.2 Å². The van der Waals surface area contributed by atoms with Crippen LogP contribution in [0.5, 0.6) is 0 Å². The normalized spacial score (nSPS) is 10.9. The second-order valence-corrected chi connectivity index (χ2v) is 4.22. The number of rotatable bonds is 0. The number of hydrogen-bond acceptors (Lipinski definition) is 2. The fourth-order valence-corrected chi connectivity index (χ4v) is 0. The predicted molar refractivity (Wildman–Crippen MR) is 39.5 cm³/mol. The first-order chi connectivity index (χ1) is 4.00. The van der Waals surface area contributed by atoms with Crippen LogP contribution >= 0.6 is 0 Å². The van der Waals surface area contributed by atoms with Crippen molar-refractivity contribution in [1.29, 1.82) is 0 Å². The SMILES string of the molecule is CC(C)(C)[O-].CC(C)(C)[O-].[Cu+2]. The van der Waals surface area contributed by atoms with E-state index in [0.717, 1.165) is 0 Å². The smallest absolute Gasteiger partial charge is 0.850 e. The van der Waals surface area contributed by atoms with Crippen LogP contribution in [0.4, 0.5) is 0 Å². The van der Waals surface area contributed by atoms with Gasteiger partial charge in [-0.25, -0.2) is 0 Å². The van der Waals surface area contributed by atoms with Crippen molar-refractivity contribution in [3.63, 3.8) is 0 Å². The largest absolute Gasteiger partial charge is 2.00 e. The Kier molecular flexibility index (Phi) is 9.57. The first-order valence-electron chi connectivity index (χ1n) is 3.41. The van der Waals surface area contributed by atoms with Gasteiger partial charge in [0.05, 0.1) is 0 Å². The van der Waals surface area contributed by atoms with Crippen LogP contribution in [0.25, 0.3) is 0 Å². The van der Waals surface area contributed by atoms with Gasteiger partial charge in [-0.15, -0.1) is 11.2 Å². The fourth-order valence-electron chi connectivity index (χ4n) is 0. The van der Waals surface area contributed by atoms with E-state index in [1.165, 1.54) is 0 Å². The van der Waals surface area contributed by atoms with Gasteiger partial charge in [-0.3, -0.25) is 0 Å². The summed E-state index contributed by atoms with van der Waals surface area (Å²) in [4.78, 5) is 0. The van der Waals surface area contributed by atoms with Gasteiger partial charge in [-0.05, 0) is 0 Å². The molecule has 0 saturated heterocycles. The molecule has 0 aromatic carbocycles. The summed E-state index contributed by atoms with van der Waals surface area (Å²) in [7, 11) is 0. The Balaban J connectivity index is -0.000000107. The third kappa shape index (κ3) is 3850. The zero-order valence-corrected chi connectivity index (χ0v) is 9.06. The van der Waals surface area contributed by atoms with Crippen molar-refractivity contribution in [2.45, 2.75) is 52.7 Å². The van der Waals surface area contributed by atoms with Crippen molar-refractivity contribution in [3.8, 4) is 0 Å². The molecule has 73 valence electrons. The molecule has 0 spiro atoms. The first-order valence-corrected chi connectivity index (χ1v) is 3.41. The summed E-state index contributed by atoms with van der Waals surface area (Å²) in [6.45, 7) is 9.79. The van der Waals surface area contributed by atoms with Crippen LogP contribution in [0.15, 0.2) is 0 Å². The van der Waals surface area contributed by atoms with Gasteiger partial charge in [-0.2, -0.15) is 0 Å². The summed E-state index contributed by atoms with van der Waals surface area (Å²) in [6, 6.07) is 0. The second-order valence-electron chi connectivity index (χ2n) is 4.22. The minimum absolute atomic E-state index is 0. The average molecular weight is 210 g/mol. The molecule has 0 heterocycles. The van der Waals surface area contributed by atoms with Crippen molar-refractivity contribution in [2.75, 3.05) is 0 Å². The second kappa shape index (κ2) is 6.01. The van der Waals surface area contributed by atoms with Gasteiger partial charge in [0.25, 0.3) is 0 Å². The Morgan fingerprint density at radius 2 is 0.636 bits per heavy atom. The van der Waals surface area contributed by atoms with Crippen LogP contribution in [0.2, 0.25) is 0 Å². The zero-order valence-electron chi connectivity index (χ0n) is 8.12. The molecule has 0 aromatic rings. The Morgan fingerprint density at radius 3 is 0.636 bits per heavy atom. The molecule has 0 N–H and O–H groups in total. The molecule has 0 amide bonds. The molecule has 0 atom stereocenters. The molecule has 0 bridgehead atoms. The van der Waals surface area contributed by atoms with E-state index in [4.69, 9.17) is 0 Å². The fraction of sp³-hybridized carbons (Fsp3) is 1.00. The standard InChI is InChI=1S/2C4H9O.Cu/c2*1-4(2,3)5;/h2*1-3H3;/q2*-1;+2. The summed E-state index contributed by atoms with van der Waals surface area (Å²) < 4.78 is 0. The maximum atomic E-state index is 10.1. The maximum absolute atomic E-state index is 10.1. The Morgan fingerprint density at radius 1 is 0.636 bits per heavy atom. The van der Waals surface area contributed by atoms with Gasteiger partial charge >= 0.3 is 17.1 Å². The van der Waals surface area contributed by atoms with Gasteiger partial charge in [0.15, 0.2) is 0 Å². The molecule has 0 saturated carbocycles. The number of hydrogen-bond donors (Lipinski definition) is 0. The molecule has 2 nitrogen and oxygen atoms in total. The topological polar surface area (TPSA) is 46.1 Å². The van der Waals surface area contributed by atoms with Gasteiger partial charge in [-0.1, -0.05) is 41.5 Å². The molecule has 0 aliphatic rings. The van der Waals surface area contributed by atoms with Crippen molar-refractivity contribution in [3.05, 3.63) is 0 Å². The summed E-state index contributed by atoms with van der Waals surface area (Å²) in [6.07, 6.45) is 0. The van der Waals surface area contributed by atoms with Crippen molar-refractivity contribution in [2.24, 2.45) is 0 Å². The van der Waals surface area contributed by atoms with E-state index < -0.39 is 11.2 Å². The molecule has 0 aliphatic heterocycles. The van der Waals surface area contributed by atoms with Gasteiger partial charge in [0, 0.05) is 0 Å². The molecule has 0 unspecified atom stereocenters. The van der Waals surface area contributed by atoms with Crippen molar-refractivity contribution >= 4 is 0 Å². The molecular formula is C8H18CuO2. The van der Waals surface area contributed by atoms with Crippen LogP contribution < -0.4 is 10.2 Å². The minimum Gasteiger partial charge on any atom is -0.850 e. The minimum atomic E-state index is -0.750. The average Bonchev–Trinajstić information content (AvgIpc) is 1.12. The summed E-state index contributed by atoms with van der Waals surface area (Å²) >= 11 is 0. The van der Waals surface area contributed by atoms with Crippen molar-refractivity contribution in [1.82, 2.24) is 0 Å². The monoisotopic (exact) mass is 209 g/mol. The molecule has 0 rings (SSSR count). The third-order valence-electron chi connectivity index (χ3n) is 0. The van der Waals surface area contributed by atoms with E-state index in [-0.39, 0.29) is 17.1 Å². The van der Waals surface area contributed by atoms with E-state index in [0.29, 0.717) is 0 Å². The van der Waals surface area contributed by atoms with Gasteiger partial charge in [0.1, 0.15) is 0 Å². The molecular weight excluding hydrogens is 192 g/mol. The van der Waals surface area contributed by atoms with Crippen LogP contribution in [0, 0.1) is 0 Å². The molecule has 3 heteroatoms. The van der Waals surface area contributed by atoms with Crippen LogP contribution in [0.3, 0.4) is 0 Å². The Bertz CT molecular complexity index is 55.1. The van der Waals surface area contributed by atoms with Crippen molar-refractivity contribution < 1.29 is 27.3 Å². The zero-order chi connectivity index (χ0) is 9.00. The van der Waals surface area contributed by atoms with E-state index in [1.807, 2.05) is 0 Å². The summed E-state index contributed by atoms with van der Waals surface area (Å²) in [5.41, 5.74) is -1.50. The molecule has 0 aromatic heterocycles. The van der Waals surface area contributed by atoms with E-state index in [1.54, 1.807) is 41.5 Å². The Labute approximate surface area is 80.5 Å². The maximum Gasteiger partial charge on any atom is 2.00 e. The van der Waals surface area contributed by atoms with Crippen LogP contribution in [-0.2, 0) is 17.1 Å². The summed E-state index contributed by atoms with van der Waals surface area (Å²) in [5.74, 6) is 0. The quantitative estimate of drug-likeness (QED) is 0.539. The molecule has 1 radical (unpaired) electrons. The summed E-state index contributed by atoms with van der Waals surface area (Å²) in [5, 5.41) is 20.2. The van der Waals surface area contributed by atoms with Crippen LogP contribution in [0.1, 0.15) is 41.5 Å².